The summed E-state index contributed by atoms with van der Waals surface area (Å²) in [6, 6.07) is 13.0. The molecule has 2 rings (SSSR count). The summed E-state index contributed by atoms with van der Waals surface area (Å²) < 4.78 is 0. The molecule has 2 aromatic carbocycles. The number of hydrogen-bond acceptors (Lipinski definition) is 4. The minimum atomic E-state index is 0.573. The summed E-state index contributed by atoms with van der Waals surface area (Å²) in [5.41, 5.74) is 4.31. The maximum Gasteiger partial charge on any atom is 0.240 e. The number of aliphatic imine (C=N–C) groups is 2. The first kappa shape index (κ1) is 15.3. The Morgan fingerprint density at radius 3 is 2.36 bits per heavy atom. The minimum absolute atomic E-state index is 0.573. The molecule has 0 N–H and O–H groups in total. The third-order valence-electron chi connectivity index (χ3n) is 3.27. The van der Waals surface area contributed by atoms with Crippen LogP contribution in [0.2, 0.25) is 0 Å². The van der Waals surface area contributed by atoms with Crippen molar-refractivity contribution in [3.8, 4) is 0 Å². The first-order valence-corrected chi connectivity index (χ1v) is 6.75. The van der Waals surface area contributed by atoms with Crippen LogP contribution in [0.1, 0.15) is 16.7 Å². The van der Waals surface area contributed by atoms with E-state index in [-0.39, 0.29) is 0 Å². The molecule has 0 heterocycles. The Bertz CT molecular complexity index is 766. The molecule has 0 saturated carbocycles. The lowest BCUT2D eigenvalue weighted by Gasteiger charge is -2.10. The molecule has 0 saturated heterocycles. The van der Waals surface area contributed by atoms with Crippen LogP contribution in [0.15, 0.2) is 65.1 Å². The molecule has 0 aliphatic heterocycles. The fourth-order valence-corrected chi connectivity index (χ4v) is 2.28. The van der Waals surface area contributed by atoms with E-state index >= 15 is 0 Å². The second-order valence-electron chi connectivity index (χ2n) is 4.66. The second-order valence-corrected chi connectivity index (χ2v) is 4.66. The van der Waals surface area contributed by atoms with Crippen molar-refractivity contribution < 1.29 is 9.59 Å². The zero-order valence-corrected chi connectivity index (χ0v) is 12.0. The van der Waals surface area contributed by atoms with E-state index in [0.29, 0.717) is 24.2 Å². The average Bonchev–Trinajstić information content (AvgIpc) is 2.53. The van der Waals surface area contributed by atoms with Crippen molar-refractivity contribution in [2.24, 2.45) is 9.98 Å². The van der Waals surface area contributed by atoms with Gasteiger partial charge in [0.05, 0.1) is 11.4 Å². The molecule has 0 fully saturated rings. The van der Waals surface area contributed by atoms with Gasteiger partial charge in [-0.3, -0.25) is 0 Å². The first-order chi connectivity index (χ1) is 10.8. The van der Waals surface area contributed by atoms with Crippen LogP contribution in [0.3, 0.4) is 0 Å². The van der Waals surface area contributed by atoms with Gasteiger partial charge >= 0.3 is 0 Å². The number of benzene rings is 2. The van der Waals surface area contributed by atoms with Crippen molar-refractivity contribution >= 4 is 23.5 Å². The first-order valence-electron chi connectivity index (χ1n) is 6.75. The predicted octanol–water partition coefficient (Wildman–Crippen LogP) is 3.94. The van der Waals surface area contributed by atoms with Crippen molar-refractivity contribution in [2.75, 3.05) is 0 Å². The largest absolute Gasteiger partial charge is 0.240 e. The molecule has 22 heavy (non-hydrogen) atoms. The fraction of sp³-hybridized carbons (Fsp3) is 0.111. The summed E-state index contributed by atoms with van der Waals surface area (Å²) in [5.74, 6) is 0. The van der Waals surface area contributed by atoms with Gasteiger partial charge in [-0.2, -0.15) is 9.98 Å². The monoisotopic (exact) mass is 290 g/mol. The molecular weight excluding hydrogens is 276 g/mol. The van der Waals surface area contributed by atoms with Gasteiger partial charge in [-0.15, -0.1) is 6.58 Å². The quantitative estimate of drug-likeness (QED) is 0.459. The number of hydrogen-bond donors (Lipinski definition) is 0. The number of carbonyl (C=O) groups excluding carboxylic acids is 2. The van der Waals surface area contributed by atoms with Gasteiger partial charge in [-0.25, -0.2) is 9.59 Å². The van der Waals surface area contributed by atoms with Crippen LogP contribution in [0.25, 0.3) is 0 Å². The van der Waals surface area contributed by atoms with Crippen molar-refractivity contribution in [3.63, 3.8) is 0 Å². The molecule has 0 aromatic heterocycles. The van der Waals surface area contributed by atoms with Crippen molar-refractivity contribution in [3.05, 3.63) is 71.8 Å². The number of rotatable bonds is 6. The second kappa shape index (κ2) is 7.65. The highest BCUT2D eigenvalue weighted by Gasteiger charge is 2.07. The van der Waals surface area contributed by atoms with Crippen molar-refractivity contribution in [2.45, 2.75) is 12.8 Å². The van der Waals surface area contributed by atoms with Gasteiger partial charge in [0.15, 0.2) is 0 Å². The topological polar surface area (TPSA) is 58.9 Å². The SMILES string of the molecule is C=CCc1c(Cc2ccc(N=C=O)cc2)cccc1N=C=O. The molecule has 0 atom stereocenters. The lowest BCUT2D eigenvalue weighted by molar-refractivity contribution is 0.564. The van der Waals surface area contributed by atoms with Gasteiger partial charge in [-0.05, 0) is 47.7 Å². The molecule has 4 nitrogen and oxygen atoms in total. The van der Waals surface area contributed by atoms with Crippen LogP contribution in [0.4, 0.5) is 11.4 Å². The summed E-state index contributed by atoms with van der Waals surface area (Å²) in [6.07, 6.45) is 6.21. The highest BCUT2D eigenvalue weighted by atomic mass is 16.1. The zero-order valence-electron chi connectivity index (χ0n) is 12.0. The molecule has 0 aliphatic rings. The van der Waals surface area contributed by atoms with E-state index in [1.165, 1.54) is 6.08 Å². The van der Waals surface area contributed by atoms with E-state index in [9.17, 15) is 9.59 Å². The molecule has 0 unspecified atom stereocenters. The highest BCUT2D eigenvalue weighted by Crippen LogP contribution is 2.26. The third kappa shape index (κ3) is 3.74. The smallest absolute Gasteiger partial charge is 0.211 e. The van der Waals surface area contributed by atoms with Gasteiger partial charge in [-0.1, -0.05) is 30.3 Å². The van der Waals surface area contributed by atoms with Gasteiger partial charge in [0.1, 0.15) is 0 Å². The molecule has 0 amide bonds. The number of isocyanates is 2. The molecule has 2 aromatic rings. The number of nitrogens with zero attached hydrogens (tertiary/aromatic N) is 2. The van der Waals surface area contributed by atoms with Crippen LogP contribution in [-0.2, 0) is 22.4 Å². The van der Waals surface area contributed by atoms with E-state index in [1.807, 2.05) is 24.3 Å². The minimum Gasteiger partial charge on any atom is -0.211 e. The Morgan fingerprint density at radius 2 is 1.73 bits per heavy atom. The molecule has 108 valence electrons. The van der Waals surface area contributed by atoms with Gasteiger partial charge < -0.3 is 0 Å². The Morgan fingerprint density at radius 1 is 1.00 bits per heavy atom. The summed E-state index contributed by atoms with van der Waals surface area (Å²) in [4.78, 5) is 28.1. The van der Waals surface area contributed by atoms with E-state index in [4.69, 9.17) is 0 Å². The van der Waals surface area contributed by atoms with E-state index in [2.05, 4.69) is 16.6 Å². The lowest BCUT2D eigenvalue weighted by Crippen LogP contribution is -1.95. The average molecular weight is 290 g/mol. The number of allylic oxidation sites excluding steroid dienone is 1. The van der Waals surface area contributed by atoms with Gasteiger partial charge in [0, 0.05) is 0 Å². The van der Waals surface area contributed by atoms with Crippen LogP contribution in [-0.4, -0.2) is 12.2 Å². The summed E-state index contributed by atoms with van der Waals surface area (Å²) in [6.45, 7) is 3.75. The Balaban J connectivity index is 2.35. The van der Waals surface area contributed by atoms with Crippen LogP contribution >= 0.6 is 0 Å². The van der Waals surface area contributed by atoms with Gasteiger partial charge in [0.25, 0.3) is 0 Å². The maximum absolute atomic E-state index is 10.5. The summed E-state index contributed by atoms with van der Waals surface area (Å²) >= 11 is 0. The molecule has 0 bridgehead atoms. The standard InChI is InChI=1S/C18H14N2O2/c1-2-4-17-15(5-3-6-18(17)20-13-22)11-14-7-9-16(10-8-14)19-12-21/h2-3,5-10H,1,4,11H2. The van der Waals surface area contributed by atoms with Crippen LogP contribution in [0.5, 0.6) is 0 Å². The Kier molecular flexibility index (Phi) is 5.33. The predicted molar refractivity (Wildman–Crippen MR) is 85.2 cm³/mol. The van der Waals surface area contributed by atoms with E-state index in [1.54, 1.807) is 30.4 Å². The zero-order chi connectivity index (χ0) is 15.8. The van der Waals surface area contributed by atoms with E-state index in [0.717, 1.165) is 16.7 Å². The molecule has 0 spiro atoms. The molecular formula is C18H14N2O2. The molecule has 0 aliphatic carbocycles. The van der Waals surface area contributed by atoms with Crippen LogP contribution in [0, 0.1) is 0 Å². The lowest BCUT2D eigenvalue weighted by atomic mass is 9.96. The van der Waals surface area contributed by atoms with Crippen molar-refractivity contribution in [1.82, 2.24) is 0 Å². The Labute approximate surface area is 128 Å². The maximum atomic E-state index is 10.5. The fourth-order valence-electron chi connectivity index (χ4n) is 2.28. The molecule has 4 heteroatoms. The van der Waals surface area contributed by atoms with Gasteiger partial charge in [0.2, 0.25) is 12.2 Å². The summed E-state index contributed by atoms with van der Waals surface area (Å²) in [5, 5.41) is 0. The highest BCUT2D eigenvalue weighted by molar-refractivity contribution is 5.58. The summed E-state index contributed by atoms with van der Waals surface area (Å²) in [7, 11) is 0. The van der Waals surface area contributed by atoms with Crippen molar-refractivity contribution in [1.29, 1.82) is 0 Å². The third-order valence-corrected chi connectivity index (χ3v) is 3.27. The molecule has 0 radical (unpaired) electrons. The Hall–Kier alpha value is -3.06. The van der Waals surface area contributed by atoms with Crippen LogP contribution < -0.4 is 0 Å². The normalized spacial score (nSPS) is 9.45. The van der Waals surface area contributed by atoms with E-state index < -0.39 is 0 Å².